The van der Waals surface area contributed by atoms with E-state index in [0.717, 1.165) is 0 Å². The van der Waals surface area contributed by atoms with Gasteiger partial charge in [-0.15, -0.1) is 0 Å². The van der Waals surface area contributed by atoms with Crippen LogP contribution in [0.3, 0.4) is 0 Å². The van der Waals surface area contributed by atoms with Crippen LogP contribution in [-0.4, -0.2) is 58.4 Å². The number of methoxy groups -OCH3 is 1. The highest BCUT2D eigenvalue weighted by Crippen LogP contribution is 2.38. The zero-order chi connectivity index (χ0) is 24.1. The number of halogens is 1. The Balaban J connectivity index is 1.94. The predicted molar refractivity (Wildman–Crippen MR) is 127 cm³/mol. The molecule has 172 valence electrons. The molecule has 1 aliphatic heterocycles. The summed E-state index contributed by atoms with van der Waals surface area (Å²) < 4.78 is 11.1. The Bertz CT molecular complexity index is 1180. The largest absolute Gasteiger partial charge is 0.493 e. The fraction of sp³-hybridized carbons (Fsp3) is 0.182. The smallest absolute Gasteiger partial charge is 0.341 e. The molecule has 1 fully saturated rings. The van der Waals surface area contributed by atoms with Crippen molar-refractivity contribution in [3.8, 4) is 11.5 Å². The number of carbonyl (C=O) groups excluding carboxylic acids is 1. The van der Waals surface area contributed by atoms with E-state index in [9.17, 15) is 19.5 Å². The van der Waals surface area contributed by atoms with Crippen molar-refractivity contribution in [3.63, 3.8) is 0 Å². The maximum atomic E-state index is 13.0. The number of likely N-dealkylation sites (N-methyl/N-ethyl adjacent to an activating group) is 1. The number of rotatable bonds is 8. The van der Waals surface area contributed by atoms with E-state index in [2.05, 4.69) is 20.9 Å². The lowest BCUT2D eigenvalue weighted by Gasteiger charge is -2.12. The Morgan fingerprint density at radius 3 is 2.61 bits per heavy atom. The number of amidine groups is 1. The van der Waals surface area contributed by atoms with Crippen LogP contribution in [0.15, 0.2) is 50.8 Å². The first-order chi connectivity index (χ1) is 15.7. The molecule has 1 saturated heterocycles. The van der Waals surface area contributed by atoms with Crippen molar-refractivity contribution in [2.24, 2.45) is 4.99 Å². The van der Waals surface area contributed by atoms with E-state index in [1.165, 1.54) is 35.9 Å². The molecular formula is C22H19BrN2O7S. The number of aliphatic carboxylic acids is 1. The van der Waals surface area contributed by atoms with Crippen molar-refractivity contribution in [2.45, 2.75) is 6.92 Å². The van der Waals surface area contributed by atoms with Crippen LogP contribution in [0.5, 0.6) is 11.5 Å². The number of amides is 1. The second kappa shape index (κ2) is 10.5. The average Bonchev–Trinajstić information content (AvgIpc) is 3.07. The van der Waals surface area contributed by atoms with E-state index in [1.807, 2.05) is 6.92 Å². The lowest BCUT2D eigenvalue weighted by Crippen LogP contribution is -2.28. The number of carbonyl (C=O) groups is 3. The van der Waals surface area contributed by atoms with Crippen molar-refractivity contribution in [2.75, 3.05) is 20.3 Å². The summed E-state index contributed by atoms with van der Waals surface area (Å²) in [6, 6.07) is 9.36. The summed E-state index contributed by atoms with van der Waals surface area (Å²) in [5.74, 6) is -1.86. The van der Waals surface area contributed by atoms with Gasteiger partial charge in [0.2, 0.25) is 0 Å². The van der Waals surface area contributed by atoms with Gasteiger partial charge in [0.25, 0.3) is 5.91 Å². The van der Waals surface area contributed by atoms with Crippen LogP contribution in [0.25, 0.3) is 6.08 Å². The van der Waals surface area contributed by atoms with Gasteiger partial charge in [-0.2, -0.15) is 0 Å². The van der Waals surface area contributed by atoms with E-state index in [0.29, 0.717) is 38.1 Å². The van der Waals surface area contributed by atoms with E-state index in [1.54, 1.807) is 30.3 Å². The monoisotopic (exact) mass is 534 g/mol. The zero-order valence-corrected chi connectivity index (χ0v) is 20.0. The van der Waals surface area contributed by atoms with E-state index >= 15 is 0 Å². The molecule has 0 spiro atoms. The molecule has 1 aliphatic rings. The topological polar surface area (TPSA) is 126 Å². The third-order valence-electron chi connectivity index (χ3n) is 4.44. The number of aliphatic imine (C=N–C) groups is 1. The van der Waals surface area contributed by atoms with Gasteiger partial charge in [0.15, 0.2) is 23.3 Å². The Morgan fingerprint density at radius 1 is 1.21 bits per heavy atom. The normalized spacial score (nSPS) is 15.8. The van der Waals surface area contributed by atoms with Gasteiger partial charge in [-0.3, -0.25) is 9.69 Å². The molecule has 1 amide bonds. The number of ether oxygens (including phenoxy) is 2. The molecule has 0 bridgehead atoms. The van der Waals surface area contributed by atoms with E-state index < -0.39 is 18.5 Å². The van der Waals surface area contributed by atoms with Gasteiger partial charge < -0.3 is 19.7 Å². The van der Waals surface area contributed by atoms with Crippen molar-refractivity contribution in [1.82, 2.24) is 4.90 Å². The minimum atomic E-state index is -1.12. The van der Waals surface area contributed by atoms with Crippen LogP contribution in [0.4, 0.5) is 5.69 Å². The molecule has 33 heavy (non-hydrogen) atoms. The van der Waals surface area contributed by atoms with Gasteiger partial charge >= 0.3 is 11.9 Å². The summed E-state index contributed by atoms with van der Waals surface area (Å²) in [5, 5.41) is 18.4. The number of carboxylic acid groups (broad SMARTS) is 2. The van der Waals surface area contributed by atoms with Crippen molar-refractivity contribution < 1.29 is 34.1 Å². The third-order valence-corrected chi connectivity index (χ3v) is 6.14. The second-order valence-electron chi connectivity index (χ2n) is 6.62. The van der Waals surface area contributed by atoms with Gasteiger partial charge in [0, 0.05) is 11.0 Å². The molecule has 9 nitrogen and oxygen atoms in total. The summed E-state index contributed by atoms with van der Waals surface area (Å²) >= 11 is 4.59. The van der Waals surface area contributed by atoms with Crippen molar-refractivity contribution in [3.05, 3.63) is 56.9 Å². The maximum Gasteiger partial charge on any atom is 0.341 e. The minimum Gasteiger partial charge on any atom is -0.493 e. The zero-order valence-electron chi connectivity index (χ0n) is 17.6. The highest BCUT2D eigenvalue weighted by Gasteiger charge is 2.32. The molecule has 0 aromatic heterocycles. The molecule has 0 aliphatic carbocycles. The van der Waals surface area contributed by atoms with Crippen molar-refractivity contribution in [1.29, 1.82) is 0 Å². The minimum absolute atomic E-state index is 0.103. The highest BCUT2D eigenvalue weighted by atomic mass is 79.9. The third kappa shape index (κ3) is 5.74. The summed E-state index contributed by atoms with van der Waals surface area (Å²) in [6.07, 6.45) is 1.67. The second-order valence-corrected chi connectivity index (χ2v) is 8.48. The van der Waals surface area contributed by atoms with Crippen molar-refractivity contribution >= 4 is 62.5 Å². The predicted octanol–water partition coefficient (Wildman–Crippen LogP) is 4.24. The molecule has 2 N–H and O–H groups in total. The highest BCUT2D eigenvalue weighted by molar-refractivity contribution is 9.10. The van der Waals surface area contributed by atoms with E-state index in [-0.39, 0.29) is 17.2 Å². The number of hydrogen-bond donors (Lipinski definition) is 2. The van der Waals surface area contributed by atoms with Gasteiger partial charge in [-0.25, -0.2) is 14.6 Å². The summed E-state index contributed by atoms with van der Waals surface area (Å²) in [5.41, 5.74) is 1.15. The Labute approximate surface area is 201 Å². The Kier molecular flexibility index (Phi) is 7.77. The van der Waals surface area contributed by atoms with Gasteiger partial charge in [-0.1, -0.05) is 22.0 Å². The number of thioether (sulfide) groups is 1. The quantitative estimate of drug-likeness (QED) is 0.481. The number of nitrogens with zero attached hydrogens (tertiary/aromatic N) is 2. The summed E-state index contributed by atoms with van der Waals surface area (Å²) in [4.78, 5) is 41.3. The molecule has 11 heteroatoms. The molecule has 0 unspecified atom stereocenters. The van der Waals surface area contributed by atoms with Crippen LogP contribution in [0.2, 0.25) is 0 Å². The molecule has 3 rings (SSSR count). The lowest BCUT2D eigenvalue weighted by atomic mass is 10.2. The fourth-order valence-electron chi connectivity index (χ4n) is 2.90. The Hall–Kier alpha value is -3.31. The lowest BCUT2D eigenvalue weighted by molar-refractivity contribution is -0.139. The molecule has 2 aromatic rings. The summed E-state index contributed by atoms with van der Waals surface area (Å²) in [7, 11) is 1.43. The average molecular weight is 535 g/mol. The first-order valence-corrected chi connectivity index (χ1v) is 11.2. The Morgan fingerprint density at radius 2 is 1.97 bits per heavy atom. The molecule has 2 aromatic carbocycles. The van der Waals surface area contributed by atoms with Crippen LogP contribution in [0.1, 0.15) is 22.8 Å². The molecular weight excluding hydrogens is 516 g/mol. The number of benzene rings is 2. The molecule has 0 radical (unpaired) electrons. The number of carboxylic acids is 2. The fourth-order valence-corrected chi connectivity index (χ4v) is 4.39. The SMILES string of the molecule is CCN1C(=O)/C(=C/c2cc(OC)c(OCC(=O)O)cc2Br)SC1=Nc1cccc(C(=O)O)c1. The molecule has 0 atom stereocenters. The standard InChI is InChI=1S/C22H19BrN2O7S/c1-3-25-20(28)18(33-22(25)24-14-6-4-5-12(7-14)21(29)30)9-13-8-16(31-2)17(10-15(13)23)32-11-19(26)27/h4-10H,3,11H2,1-2H3,(H,26,27)(H,29,30)/b18-9-,24-22?. The van der Waals surface area contributed by atoms with Crippen LogP contribution in [-0.2, 0) is 9.59 Å². The first-order valence-electron chi connectivity index (χ1n) is 9.59. The van der Waals surface area contributed by atoms with Gasteiger partial charge in [-0.05, 0) is 60.7 Å². The maximum absolute atomic E-state index is 13.0. The van der Waals surface area contributed by atoms with E-state index in [4.69, 9.17) is 14.6 Å². The first kappa shape index (κ1) is 24.3. The summed E-state index contributed by atoms with van der Waals surface area (Å²) in [6.45, 7) is 1.68. The molecule has 0 saturated carbocycles. The van der Waals surface area contributed by atoms with Crippen LogP contribution < -0.4 is 9.47 Å². The van der Waals surface area contributed by atoms with Crippen LogP contribution in [0, 0.1) is 0 Å². The van der Waals surface area contributed by atoms with Gasteiger partial charge in [0.05, 0.1) is 23.3 Å². The number of hydrogen-bond acceptors (Lipinski definition) is 7. The van der Waals surface area contributed by atoms with Gasteiger partial charge in [0.1, 0.15) is 0 Å². The number of aromatic carboxylic acids is 1. The van der Waals surface area contributed by atoms with Crippen LogP contribution >= 0.6 is 27.7 Å². The molecule has 1 heterocycles.